The molecule has 0 saturated carbocycles. The molecule has 1 rings (SSSR count). The molecule has 0 aliphatic heterocycles. The predicted octanol–water partition coefficient (Wildman–Crippen LogP) is 3.09. The molecule has 0 aromatic heterocycles. The van der Waals surface area contributed by atoms with Crippen LogP contribution >= 0.6 is 0 Å². The molecule has 0 bridgehead atoms. The number of aliphatic carboxylic acids is 1. The largest absolute Gasteiger partial charge is 0.481 e. The highest BCUT2D eigenvalue weighted by atomic mass is 16.4. The highest BCUT2D eigenvalue weighted by molar-refractivity contribution is 6.06. The van der Waals surface area contributed by atoms with E-state index in [9.17, 15) is 14.7 Å². The monoisotopic (exact) mass is 277 g/mol. The second-order valence-corrected chi connectivity index (χ2v) is 6.06. The number of rotatable bonds is 4. The summed E-state index contributed by atoms with van der Waals surface area (Å²) in [6.07, 6.45) is 0. The molecule has 110 valence electrons. The van der Waals surface area contributed by atoms with E-state index in [-0.39, 0.29) is 5.91 Å². The molecule has 1 aromatic carbocycles. The highest BCUT2D eigenvalue weighted by Gasteiger charge is 2.40. The number of hydrogen-bond acceptors (Lipinski definition) is 2. The number of aryl methyl sites for hydroxylation is 1. The zero-order valence-corrected chi connectivity index (χ0v) is 12.8. The number of amides is 1. The van der Waals surface area contributed by atoms with E-state index < -0.39 is 17.3 Å². The Bertz CT molecular complexity index is 485. The summed E-state index contributed by atoms with van der Waals surface area (Å²) in [5.74, 6) is -2.49. The number of carbonyl (C=O) groups is 2. The number of nitrogens with zero attached hydrogens (tertiary/aromatic N) is 1. The van der Waals surface area contributed by atoms with Crippen LogP contribution in [0.1, 0.15) is 33.3 Å². The molecule has 20 heavy (non-hydrogen) atoms. The lowest BCUT2D eigenvalue weighted by Crippen LogP contribution is -2.45. The zero-order valence-electron chi connectivity index (χ0n) is 12.8. The topological polar surface area (TPSA) is 57.6 Å². The van der Waals surface area contributed by atoms with Crippen LogP contribution in [0.25, 0.3) is 0 Å². The molecule has 0 fully saturated rings. The maximum Gasteiger partial charge on any atom is 0.316 e. The van der Waals surface area contributed by atoms with Crippen molar-refractivity contribution < 1.29 is 14.7 Å². The van der Waals surface area contributed by atoms with Gasteiger partial charge < -0.3 is 10.0 Å². The van der Waals surface area contributed by atoms with Crippen LogP contribution in [0.4, 0.5) is 5.69 Å². The fraction of sp³-hybridized carbons (Fsp3) is 0.500. The maximum atomic E-state index is 12.6. The minimum Gasteiger partial charge on any atom is -0.481 e. The molecule has 1 unspecified atom stereocenters. The lowest BCUT2D eigenvalue weighted by molar-refractivity contribution is -0.150. The van der Waals surface area contributed by atoms with Gasteiger partial charge in [-0.2, -0.15) is 0 Å². The second-order valence-electron chi connectivity index (χ2n) is 6.06. The molecule has 0 spiro atoms. The number of hydrogen-bond donors (Lipinski definition) is 1. The lowest BCUT2D eigenvalue weighted by Gasteiger charge is -2.31. The molecule has 1 aromatic rings. The third kappa shape index (κ3) is 3.59. The Hall–Kier alpha value is -1.84. The van der Waals surface area contributed by atoms with E-state index >= 15 is 0 Å². The fourth-order valence-corrected chi connectivity index (χ4v) is 2.19. The van der Waals surface area contributed by atoms with E-state index in [0.29, 0.717) is 6.54 Å². The summed E-state index contributed by atoms with van der Waals surface area (Å²) in [6, 6.07) is 7.52. The SMILES string of the molecule is CCN(C(=O)C(C(=O)O)C(C)(C)C)c1ccc(C)cc1. The van der Waals surface area contributed by atoms with Gasteiger partial charge >= 0.3 is 5.97 Å². The van der Waals surface area contributed by atoms with Gasteiger partial charge in [0.1, 0.15) is 5.92 Å². The number of carbonyl (C=O) groups excluding carboxylic acids is 1. The summed E-state index contributed by atoms with van der Waals surface area (Å²) >= 11 is 0. The van der Waals surface area contributed by atoms with Crippen molar-refractivity contribution in [3.63, 3.8) is 0 Å². The first-order valence-corrected chi connectivity index (χ1v) is 6.79. The average Bonchev–Trinajstić information content (AvgIpc) is 2.30. The molecule has 0 aliphatic rings. The summed E-state index contributed by atoms with van der Waals surface area (Å²) in [4.78, 5) is 25.6. The van der Waals surface area contributed by atoms with E-state index in [1.807, 2.05) is 38.1 Å². The molecule has 1 amide bonds. The normalized spacial score (nSPS) is 12.8. The molecule has 0 heterocycles. The van der Waals surface area contributed by atoms with E-state index in [4.69, 9.17) is 0 Å². The molecule has 0 aliphatic carbocycles. The Morgan fingerprint density at radius 2 is 1.70 bits per heavy atom. The van der Waals surface area contributed by atoms with Crippen molar-refractivity contribution in [3.05, 3.63) is 29.8 Å². The Labute approximate surface area is 120 Å². The summed E-state index contributed by atoms with van der Waals surface area (Å²) < 4.78 is 0. The minimum atomic E-state index is -1.08. The van der Waals surface area contributed by atoms with Crippen molar-refractivity contribution in [2.24, 2.45) is 11.3 Å². The van der Waals surface area contributed by atoms with Crippen LogP contribution in [-0.4, -0.2) is 23.5 Å². The van der Waals surface area contributed by atoms with Gasteiger partial charge in [-0.05, 0) is 31.4 Å². The first-order chi connectivity index (χ1) is 9.18. The second kappa shape index (κ2) is 6.07. The Morgan fingerprint density at radius 3 is 2.05 bits per heavy atom. The van der Waals surface area contributed by atoms with Crippen LogP contribution < -0.4 is 4.90 Å². The summed E-state index contributed by atoms with van der Waals surface area (Å²) in [7, 11) is 0. The van der Waals surface area contributed by atoms with Crippen molar-refractivity contribution in [2.45, 2.75) is 34.6 Å². The predicted molar refractivity (Wildman–Crippen MR) is 79.8 cm³/mol. The van der Waals surface area contributed by atoms with E-state index in [1.165, 1.54) is 4.90 Å². The number of benzene rings is 1. The van der Waals surface area contributed by atoms with Gasteiger partial charge in [0.2, 0.25) is 5.91 Å². The third-order valence-electron chi connectivity index (χ3n) is 3.29. The van der Waals surface area contributed by atoms with Crippen LogP contribution in [-0.2, 0) is 9.59 Å². The fourth-order valence-electron chi connectivity index (χ4n) is 2.19. The van der Waals surface area contributed by atoms with Crippen LogP contribution in [0.3, 0.4) is 0 Å². The van der Waals surface area contributed by atoms with Crippen LogP contribution in [0, 0.1) is 18.3 Å². The molecule has 1 N–H and O–H groups in total. The van der Waals surface area contributed by atoms with E-state index in [0.717, 1.165) is 11.3 Å². The third-order valence-corrected chi connectivity index (χ3v) is 3.29. The van der Waals surface area contributed by atoms with Crippen LogP contribution in [0.2, 0.25) is 0 Å². The Kier molecular flexibility index (Phi) is 4.93. The molecule has 1 atom stereocenters. The summed E-state index contributed by atoms with van der Waals surface area (Å²) in [5.41, 5.74) is 1.21. The lowest BCUT2D eigenvalue weighted by atomic mass is 9.79. The Balaban J connectivity index is 3.13. The van der Waals surface area contributed by atoms with Crippen molar-refractivity contribution in [2.75, 3.05) is 11.4 Å². The van der Waals surface area contributed by atoms with Crippen molar-refractivity contribution >= 4 is 17.6 Å². The van der Waals surface area contributed by atoms with Crippen molar-refractivity contribution in [1.82, 2.24) is 0 Å². The average molecular weight is 277 g/mol. The van der Waals surface area contributed by atoms with Gasteiger partial charge in [-0.25, -0.2) is 0 Å². The van der Waals surface area contributed by atoms with Gasteiger partial charge in [0, 0.05) is 12.2 Å². The van der Waals surface area contributed by atoms with Gasteiger partial charge in [-0.3, -0.25) is 9.59 Å². The van der Waals surface area contributed by atoms with Gasteiger partial charge in [0.15, 0.2) is 0 Å². The first kappa shape index (κ1) is 16.2. The molecule has 4 heteroatoms. The molecular weight excluding hydrogens is 254 g/mol. The number of carboxylic acids is 1. The number of anilines is 1. The molecular formula is C16H23NO3. The van der Waals surface area contributed by atoms with E-state index in [1.54, 1.807) is 20.8 Å². The Morgan fingerprint density at radius 1 is 1.20 bits per heavy atom. The molecule has 4 nitrogen and oxygen atoms in total. The minimum absolute atomic E-state index is 0.364. The molecule has 0 saturated heterocycles. The summed E-state index contributed by atoms with van der Waals surface area (Å²) in [5, 5.41) is 9.37. The van der Waals surface area contributed by atoms with Crippen LogP contribution in [0.5, 0.6) is 0 Å². The van der Waals surface area contributed by atoms with Crippen molar-refractivity contribution in [1.29, 1.82) is 0 Å². The van der Waals surface area contributed by atoms with Gasteiger partial charge in [-0.1, -0.05) is 38.5 Å². The van der Waals surface area contributed by atoms with Crippen LogP contribution in [0.15, 0.2) is 24.3 Å². The quantitative estimate of drug-likeness (QED) is 0.860. The zero-order chi connectivity index (χ0) is 15.5. The van der Waals surface area contributed by atoms with Gasteiger partial charge in [-0.15, -0.1) is 0 Å². The molecule has 0 radical (unpaired) electrons. The van der Waals surface area contributed by atoms with Gasteiger partial charge in [0.05, 0.1) is 0 Å². The maximum absolute atomic E-state index is 12.6. The number of carboxylic acid groups (broad SMARTS) is 1. The summed E-state index contributed by atoms with van der Waals surface area (Å²) in [6.45, 7) is 9.57. The van der Waals surface area contributed by atoms with E-state index in [2.05, 4.69) is 0 Å². The van der Waals surface area contributed by atoms with Gasteiger partial charge in [0.25, 0.3) is 0 Å². The first-order valence-electron chi connectivity index (χ1n) is 6.79. The smallest absolute Gasteiger partial charge is 0.316 e. The highest BCUT2D eigenvalue weighted by Crippen LogP contribution is 2.29. The standard InChI is InChI=1S/C16H23NO3/c1-6-17(12-9-7-11(2)8-10-12)14(18)13(15(19)20)16(3,4)5/h7-10,13H,6H2,1-5H3,(H,19,20). The van der Waals surface area contributed by atoms with Crippen molar-refractivity contribution in [3.8, 4) is 0 Å².